The Morgan fingerprint density at radius 1 is 1.12 bits per heavy atom. The van der Waals surface area contributed by atoms with Crippen LogP contribution in [0.15, 0.2) is 12.2 Å². The van der Waals surface area contributed by atoms with Crippen LogP contribution in [0.5, 0.6) is 0 Å². The lowest BCUT2D eigenvalue weighted by Crippen LogP contribution is -2.52. The summed E-state index contributed by atoms with van der Waals surface area (Å²) in [5.41, 5.74) is 0.831. The average Bonchev–Trinajstić information content (AvgIpc) is 3.20. The molecule has 2 saturated heterocycles. The third-order valence-corrected chi connectivity index (χ3v) is 7.68. The van der Waals surface area contributed by atoms with Crippen LogP contribution in [0.2, 0.25) is 0 Å². The third-order valence-electron chi connectivity index (χ3n) is 7.68. The van der Waals surface area contributed by atoms with Crippen molar-refractivity contribution in [3.8, 4) is 0 Å². The molecule has 0 spiro atoms. The van der Waals surface area contributed by atoms with Crippen molar-refractivity contribution >= 4 is 11.8 Å². The molecule has 4 rings (SSSR count). The lowest BCUT2D eigenvalue weighted by atomic mass is 9.68. The van der Waals surface area contributed by atoms with E-state index in [0.717, 1.165) is 44.2 Å². The normalized spacial score (nSPS) is 36.5. The number of hydrogen-bond acceptors (Lipinski definition) is 3. The third kappa shape index (κ3) is 2.62. The molecule has 2 aliphatic heterocycles. The Labute approximate surface area is 156 Å². The Morgan fingerprint density at radius 2 is 1.85 bits per heavy atom. The van der Waals surface area contributed by atoms with E-state index in [0.29, 0.717) is 38.8 Å². The molecular weight excluding hydrogens is 328 g/mol. The van der Waals surface area contributed by atoms with Crippen LogP contribution in [-0.2, 0) is 14.3 Å². The molecule has 4 aliphatic rings. The number of carbonyl (C=O) groups excluding carboxylic acids is 2. The number of ether oxygens (including phenoxy) is 1. The van der Waals surface area contributed by atoms with Crippen molar-refractivity contribution in [2.75, 3.05) is 39.4 Å². The molecule has 2 amide bonds. The van der Waals surface area contributed by atoms with Crippen LogP contribution in [0, 0.1) is 22.7 Å². The molecule has 0 aromatic carbocycles. The summed E-state index contributed by atoms with van der Waals surface area (Å²) in [5, 5.41) is 0. The molecule has 0 aromatic rings. The smallest absolute Gasteiger partial charge is 0.232 e. The molecule has 2 heterocycles. The highest BCUT2D eigenvalue weighted by Gasteiger charge is 2.61. The summed E-state index contributed by atoms with van der Waals surface area (Å²) in [6.07, 6.45) is 4.83. The zero-order valence-corrected chi connectivity index (χ0v) is 16.3. The van der Waals surface area contributed by atoms with Gasteiger partial charge < -0.3 is 14.5 Å². The summed E-state index contributed by atoms with van der Waals surface area (Å²) < 4.78 is 5.36. The van der Waals surface area contributed by atoms with Gasteiger partial charge in [0.1, 0.15) is 0 Å². The minimum Gasteiger partial charge on any atom is -0.378 e. The number of rotatable bonds is 2. The maximum absolute atomic E-state index is 13.5. The maximum atomic E-state index is 13.5. The lowest BCUT2D eigenvalue weighted by molar-refractivity contribution is -0.147. The molecule has 26 heavy (non-hydrogen) atoms. The van der Waals surface area contributed by atoms with Crippen LogP contribution in [0.25, 0.3) is 0 Å². The fourth-order valence-corrected chi connectivity index (χ4v) is 5.83. The highest BCUT2D eigenvalue weighted by molar-refractivity contribution is 5.88. The molecule has 0 N–H and O–H groups in total. The molecule has 0 unspecified atom stereocenters. The van der Waals surface area contributed by atoms with Gasteiger partial charge in [0.2, 0.25) is 11.8 Å². The predicted molar refractivity (Wildman–Crippen MR) is 99.4 cm³/mol. The van der Waals surface area contributed by atoms with Crippen LogP contribution in [0.4, 0.5) is 0 Å². The predicted octanol–water partition coefficient (Wildman–Crippen LogP) is 2.47. The van der Waals surface area contributed by atoms with Crippen LogP contribution in [0.3, 0.4) is 0 Å². The fraction of sp³-hybridized carbons (Fsp3) is 0.810. The average molecular weight is 360 g/mol. The number of morpholine rings is 1. The van der Waals surface area contributed by atoms with E-state index in [-0.39, 0.29) is 28.6 Å². The molecule has 2 saturated carbocycles. The van der Waals surface area contributed by atoms with Crippen molar-refractivity contribution in [1.29, 1.82) is 0 Å². The van der Waals surface area contributed by atoms with Crippen molar-refractivity contribution in [1.82, 2.24) is 9.80 Å². The van der Waals surface area contributed by atoms with E-state index < -0.39 is 0 Å². The number of fused-ring (bicyclic) bond motifs is 2. The molecular formula is C21H32N2O3. The van der Waals surface area contributed by atoms with E-state index in [2.05, 4.69) is 20.4 Å². The number of carbonyl (C=O) groups is 2. The lowest BCUT2D eigenvalue weighted by Gasteiger charge is -2.42. The molecule has 2 aliphatic carbocycles. The Morgan fingerprint density at radius 3 is 2.50 bits per heavy atom. The molecule has 0 aromatic heterocycles. The first-order valence-corrected chi connectivity index (χ1v) is 10.2. The van der Waals surface area contributed by atoms with Crippen molar-refractivity contribution in [2.45, 2.75) is 46.0 Å². The summed E-state index contributed by atoms with van der Waals surface area (Å²) in [6.45, 7) is 12.8. The second-order valence-corrected chi connectivity index (χ2v) is 9.25. The largest absolute Gasteiger partial charge is 0.378 e. The van der Waals surface area contributed by atoms with Crippen molar-refractivity contribution < 1.29 is 14.3 Å². The van der Waals surface area contributed by atoms with Gasteiger partial charge in [0.05, 0.1) is 24.5 Å². The van der Waals surface area contributed by atoms with Gasteiger partial charge in [0.15, 0.2) is 0 Å². The monoisotopic (exact) mass is 360 g/mol. The second kappa shape index (κ2) is 6.36. The topological polar surface area (TPSA) is 49.9 Å². The van der Waals surface area contributed by atoms with E-state index in [1.165, 1.54) is 0 Å². The number of likely N-dealkylation sites (tertiary alicyclic amines) is 1. The molecule has 0 radical (unpaired) electrons. The van der Waals surface area contributed by atoms with Crippen LogP contribution >= 0.6 is 0 Å². The first-order chi connectivity index (χ1) is 12.4. The standard InChI is InChI=1S/C21H32N2O3/c1-15-20(2,3)17-6-7-21(15,13-17)19(25)23-8-4-5-16(14-23)18(24)22-9-11-26-12-10-22/h16-17H,1,4-14H2,2-3H3/t16-,17+,21-/m1/s1. The number of piperidine rings is 1. The fourth-order valence-electron chi connectivity index (χ4n) is 5.83. The van der Waals surface area contributed by atoms with E-state index in [4.69, 9.17) is 4.74 Å². The van der Waals surface area contributed by atoms with E-state index in [1.807, 2.05) is 9.80 Å². The molecule has 5 heteroatoms. The van der Waals surface area contributed by atoms with E-state index in [9.17, 15) is 9.59 Å². The van der Waals surface area contributed by atoms with E-state index >= 15 is 0 Å². The zero-order chi connectivity index (χ0) is 18.5. The van der Waals surface area contributed by atoms with E-state index in [1.54, 1.807) is 0 Å². The van der Waals surface area contributed by atoms with Crippen molar-refractivity contribution in [2.24, 2.45) is 22.7 Å². The molecule has 3 atom stereocenters. The van der Waals surface area contributed by atoms with Gasteiger partial charge in [0.25, 0.3) is 0 Å². The Balaban J connectivity index is 1.47. The van der Waals surface area contributed by atoms with Gasteiger partial charge in [0, 0.05) is 26.2 Å². The molecule has 2 bridgehead atoms. The number of nitrogens with zero attached hydrogens (tertiary/aromatic N) is 2. The summed E-state index contributed by atoms with van der Waals surface area (Å²) in [4.78, 5) is 30.3. The van der Waals surface area contributed by atoms with Gasteiger partial charge in [-0.05, 0) is 43.4 Å². The Bertz CT molecular complexity index is 623. The maximum Gasteiger partial charge on any atom is 0.232 e. The Kier molecular flexibility index (Phi) is 4.41. The first-order valence-electron chi connectivity index (χ1n) is 10.2. The number of hydrogen-bond donors (Lipinski definition) is 0. The molecule has 4 fully saturated rings. The van der Waals surface area contributed by atoms with Gasteiger partial charge in [-0.3, -0.25) is 9.59 Å². The first kappa shape index (κ1) is 18.0. The van der Waals surface area contributed by atoms with Gasteiger partial charge in [-0.2, -0.15) is 0 Å². The highest BCUT2D eigenvalue weighted by Crippen LogP contribution is 2.66. The van der Waals surface area contributed by atoms with Gasteiger partial charge >= 0.3 is 0 Å². The van der Waals surface area contributed by atoms with Gasteiger partial charge in [-0.15, -0.1) is 0 Å². The van der Waals surface area contributed by atoms with Crippen LogP contribution in [0.1, 0.15) is 46.0 Å². The summed E-state index contributed by atoms with van der Waals surface area (Å²) in [7, 11) is 0. The van der Waals surface area contributed by atoms with Gasteiger partial charge in [-0.1, -0.05) is 26.0 Å². The Hall–Kier alpha value is -1.36. The number of amides is 2. The van der Waals surface area contributed by atoms with Crippen molar-refractivity contribution in [3.63, 3.8) is 0 Å². The van der Waals surface area contributed by atoms with Crippen LogP contribution < -0.4 is 0 Å². The zero-order valence-electron chi connectivity index (χ0n) is 16.3. The summed E-state index contributed by atoms with van der Waals surface area (Å²) in [5.74, 6) is 0.977. The highest BCUT2D eigenvalue weighted by atomic mass is 16.5. The second-order valence-electron chi connectivity index (χ2n) is 9.25. The minimum absolute atomic E-state index is 0.0536. The summed E-state index contributed by atoms with van der Waals surface area (Å²) >= 11 is 0. The molecule has 144 valence electrons. The van der Waals surface area contributed by atoms with Crippen LogP contribution in [-0.4, -0.2) is 61.0 Å². The SMILES string of the molecule is C=C1C(C)(C)[C@H]2CC[C@@]1(C(=O)N1CCC[C@@H](C(=O)N3CCOCC3)C1)C2. The quantitative estimate of drug-likeness (QED) is 0.711. The van der Waals surface area contributed by atoms with Gasteiger partial charge in [-0.25, -0.2) is 0 Å². The molecule has 5 nitrogen and oxygen atoms in total. The minimum atomic E-state index is -0.363. The summed E-state index contributed by atoms with van der Waals surface area (Å²) in [6, 6.07) is 0. The van der Waals surface area contributed by atoms with Crippen molar-refractivity contribution in [3.05, 3.63) is 12.2 Å².